The van der Waals surface area contributed by atoms with E-state index in [1.807, 2.05) is 6.20 Å². The van der Waals surface area contributed by atoms with E-state index in [-0.39, 0.29) is 24.8 Å². The maximum absolute atomic E-state index is 4.42. The zero-order valence-electron chi connectivity index (χ0n) is 15.5. The lowest BCUT2D eigenvalue weighted by molar-refractivity contribution is 0.0105. The number of nitrogens with one attached hydrogen (secondary N) is 2. The van der Waals surface area contributed by atoms with Crippen LogP contribution in [0.15, 0.2) is 12.3 Å². The fraction of sp³-hybridized carbons (Fsp3) is 0.789. The van der Waals surface area contributed by atoms with Crippen molar-refractivity contribution in [3.8, 4) is 0 Å². The molecule has 0 radical (unpaired) electrons. The van der Waals surface area contributed by atoms with Crippen LogP contribution >= 0.6 is 24.8 Å². The normalized spacial score (nSPS) is 37.2. The van der Waals surface area contributed by atoms with Crippen LogP contribution in [0.1, 0.15) is 44.9 Å². The van der Waals surface area contributed by atoms with Crippen LogP contribution in [0.3, 0.4) is 0 Å². The Balaban J connectivity index is 0.000000980. The molecule has 2 heterocycles. The molecule has 146 valence electrons. The summed E-state index contributed by atoms with van der Waals surface area (Å²) in [6.07, 6.45) is 11.6. The largest absolute Gasteiger partial charge is 0.369 e. The van der Waals surface area contributed by atoms with Crippen molar-refractivity contribution in [2.24, 2.45) is 17.8 Å². The number of hydrogen-bond acceptors (Lipinski definition) is 5. The molecule has 0 amide bonds. The molecule has 5 nitrogen and oxygen atoms in total. The van der Waals surface area contributed by atoms with Gasteiger partial charge in [-0.05, 0) is 69.7 Å². The molecule has 5 aliphatic rings. The summed E-state index contributed by atoms with van der Waals surface area (Å²) in [5.74, 6) is 3.85. The van der Waals surface area contributed by atoms with Gasteiger partial charge in [0.05, 0.1) is 11.9 Å². The van der Waals surface area contributed by atoms with E-state index in [9.17, 15) is 0 Å². The number of halogens is 2. The van der Waals surface area contributed by atoms with E-state index in [2.05, 4.69) is 38.8 Å². The Morgan fingerprint density at radius 3 is 2.31 bits per heavy atom. The molecule has 1 aromatic heterocycles. The molecule has 1 atom stereocenters. The van der Waals surface area contributed by atoms with Crippen LogP contribution in [0.2, 0.25) is 0 Å². The van der Waals surface area contributed by atoms with Gasteiger partial charge in [0.2, 0.25) is 0 Å². The molecule has 4 saturated carbocycles. The predicted molar refractivity (Wildman–Crippen MR) is 111 cm³/mol. The van der Waals surface area contributed by atoms with E-state index in [1.165, 1.54) is 50.6 Å². The molecule has 5 fully saturated rings. The van der Waals surface area contributed by atoms with Gasteiger partial charge in [-0.15, -0.1) is 29.9 Å². The van der Waals surface area contributed by atoms with E-state index < -0.39 is 0 Å². The van der Waals surface area contributed by atoms with Crippen LogP contribution < -0.4 is 15.5 Å². The fourth-order valence-corrected chi connectivity index (χ4v) is 6.36. The number of likely N-dealkylation sites (N-methyl/N-ethyl adjacent to an activating group) is 1. The second-order valence-corrected chi connectivity index (χ2v) is 8.84. The minimum Gasteiger partial charge on any atom is -0.369 e. The minimum absolute atomic E-state index is 0. The summed E-state index contributed by atoms with van der Waals surface area (Å²) in [5, 5.41) is 16.0. The van der Waals surface area contributed by atoms with Crippen LogP contribution in [-0.4, -0.2) is 41.9 Å². The highest BCUT2D eigenvalue weighted by molar-refractivity contribution is 5.85. The Morgan fingerprint density at radius 1 is 1.08 bits per heavy atom. The molecule has 1 saturated heterocycles. The summed E-state index contributed by atoms with van der Waals surface area (Å²) in [6.45, 7) is 2.17. The monoisotopic (exact) mass is 399 g/mol. The molecular formula is C19H31Cl2N5. The highest BCUT2D eigenvalue weighted by Crippen LogP contribution is 2.56. The van der Waals surface area contributed by atoms with E-state index in [4.69, 9.17) is 0 Å². The smallest absolute Gasteiger partial charge is 0.151 e. The molecule has 4 bridgehead atoms. The van der Waals surface area contributed by atoms with Crippen molar-refractivity contribution in [3.05, 3.63) is 12.3 Å². The summed E-state index contributed by atoms with van der Waals surface area (Å²) in [4.78, 5) is 2.43. The van der Waals surface area contributed by atoms with Gasteiger partial charge in [-0.1, -0.05) is 0 Å². The zero-order chi connectivity index (χ0) is 16.1. The van der Waals surface area contributed by atoms with E-state index >= 15 is 0 Å². The maximum atomic E-state index is 4.42. The van der Waals surface area contributed by atoms with Gasteiger partial charge in [0.1, 0.15) is 0 Å². The molecule has 4 aliphatic carbocycles. The number of aromatic nitrogens is 2. The van der Waals surface area contributed by atoms with Gasteiger partial charge in [0.25, 0.3) is 0 Å². The first kappa shape index (κ1) is 20.0. The Morgan fingerprint density at radius 2 is 1.73 bits per heavy atom. The van der Waals surface area contributed by atoms with E-state index in [0.29, 0.717) is 11.6 Å². The van der Waals surface area contributed by atoms with Gasteiger partial charge in [0.15, 0.2) is 5.82 Å². The molecule has 7 heteroatoms. The van der Waals surface area contributed by atoms with Crippen molar-refractivity contribution in [2.75, 3.05) is 30.4 Å². The predicted octanol–water partition coefficient (Wildman–Crippen LogP) is 3.50. The highest BCUT2D eigenvalue weighted by Gasteiger charge is 2.51. The van der Waals surface area contributed by atoms with Crippen LogP contribution in [0, 0.1) is 17.8 Å². The summed E-state index contributed by atoms with van der Waals surface area (Å²) >= 11 is 0. The fourth-order valence-electron chi connectivity index (χ4n) is 6.36. The van der Waals surface area contributed by atoms with Crippen molar-refractivity contribution >= 4 is 36.3 Å². The molecule has 26 heavy (non-hydrogen) atoms. The third-order valence-electron chi connectivity index (χ3n) is 7.03. The van der Waals surface area contributed by atoms with Crippen LogP contribution in [0.25, 0.3) is 0 Å². The van der Waals surface area contributed by atoms with Crippen molar-refractivity contribution in [3.63, 3.8) is 0 Å². The minimum atomic E-state index is 0. The lowest BCUT2D eigenvalue weighted by Gasteiger charge is -2.57. The SMILES string of the molecule is CN[C@H]1CCN(c2cnnc(NC34CC5CC(CC(C5)C3)C4)c2)C1.Cl.Cl. The third kappa shape index (κ3) is 3.63. The standard InChI is InChI=1S/C19H29N5.2ClH/c1-20-16-2-3-24(12-16)17-7-18(23-21-11-17)22-19-8-13-4-14(9-19)6-15(5-13)10-19;;/h7,11,13-16,20H,2-6,8-10,12H2,1H3,(H,22,23);2*1H/t13?,14?,15?,16-,19?;;/m0../s1. The molecular weight excluding hydrogens is 369 g/mol. The summed E-state index contributed by atoms with van der Waals surface area (Å²) in [7, 11) is 2.05. The molecule has 0 aromatic carbocycles. The first-order valence-corrected chi connectivity index (χ1v) is 9.74. The molecule has 6 rings (SSSR count). The Hall–Kier alpha value is -0.780. The number of anilines is 2. The summed E-state index contributed by atoms with van der Waals surface area (Å²) < 4.78 is 0. The summed E-state index contributed by atoms with van der Waals surface area (Å²) in [6, 6.07) is 2.82. The van der Waals surface area contributed by atoms with Crippen molar-refractivity contribution in [1.29, 1.82) is 0 Å². The van der Waals surface area contributed by atoms with Crippen molar-refractivity contribution < 1.29 is 0 Å². The average molecular weight is 400 g/mol. The Kier molecular flexibility index (Phi) is 5.90. The Bertz CT molecular complexity index is 590. The lowest BCUT2D eigenvalue weighted by Crippen LogP contribution is -2.54. The van der Waals surface area contributed by atoms with E-state index in [1.54, 1.807) is 0 Å². The second kappa shape index (κ2) is 7.69. The van der Waals surface area contributed by atoms with Crippen molar-refractivity contribution in [1.82, 2.24) is 15.5 Å². The quantitative estimate of drug-likeness (QED) is 0.810. The van der Waals surface area contributed by atoms with Crippen LogP contribution in [-0.2, 0) is 0 Å². The highest BCUT2D eigenvalue weighted by atomic mass is 35.5. The summed E-state index contributed by atoms with van der Waals surface area (Å²) in [5.41, 5.74) is 1.52. The molecule has 0 unspecified atom stereocenters. The second-order valence-electron chi connectivity index (χ2n) is 8.84. The van der Waals surface area contributed by atoms with Gasteiger partial charge in [-0.2, -0.15) is 5.10 Å². The first-order chi connectivity index (χ1) is 11.7. The first-order valence-electron chi connectivity index (χ1n) is 9.74. The van der Waals surface area contributed by atoms with Gasteiger partial charge in [-0.25, -0.2) is 0 Å². The number of hydrogen-bond donors (Lipinski definition) is 2. The molecule has 1 aromatic rings. The Labute approximate surface area is 168 Å². The maximum Gasteiger partial charge on any atom is 0.151 e. The van der Waals surface area contributed by atoms with Crippen molar-refractivity contribution in [2.45, 2.75) is 56.5 Å². The third-order valence-corrected chi connectivity index (χ3v) is 7.03. The van der Waals surface area contributed by atoms with Crippen LogP contribution in [0.4, 0.5) is 11.5 Å². The molecule has 2 N–H and O–H groups in total. The molecule has 1 aliphatic heterocycles. The topological polar surface area (TPSA) is 53.1 Å². The zero-order valence-corrected chi connectivity index (χ0v) is 17.1. The van der Waals surface area contributed by atoms with E-state index in [0.717, 1.165) is 36.7 Å². The van der Waals surface area contributed by atoms with Gasteiger partial charge >= 0.3 is 0 Å². The number of rotatable bonds is 4. The lowest BCUT2D eigenvalue weighted by atomic mass is 9.53. The van der Waals surface area contributed by atoms with Gasteiger partial charge < -0.3 is 15.5 Å². The van der Waals surface area contributed by atoms with Gasteiger partial charge in [-0.3, -0.25) is 0 Å². The number of nitrogens with zero attached hydrogens (tertiary/aromatic N) is 3. The molecule has 0 spiro atoms. The van der Waals surface area contributed by atoms with Crippen LogP contribution in [0.5, 0.6) is 0 Å². The average Bonchev–Trinajstić information content (AvgIpc) is 3.02. The van der Waals surface area contributed by atoms with Gasteiger partial charge in [0, 0.05) is 30.7 Å².